The number of benzene rings is 6. The second-order valence-corrected chi connectivity index (χ2v) is 36.6. The van der Waals surface area contributed by atoms with Gasteiger partial charge in [0.15, 0.2) is 0 Å². The molecule has 0 saturated heterocycles. The van der Waals surface area contributed by atoms with Gasteiger partial charge < -0.3 is 106 Å². The van der Waals surface area contributed by atoms with Crippen LogP contribution < -0.4 is 102 Å². The molecule has 0 radical (unpaired) electrons. The van der Waals surface area contributed by atoms with Crippen LogP contribution in [0.3, 0.4) is 0 Å². The van der Waals surface area contributed by atoms with Crippen molar-refractivity contribution in [1.82, 2.24) is 79.5 Å². The Labute approximate surface area is 850 Å². The van der Waals surface area contributed by atoms with Crippen LogP contribution in [-0.2, 0) is 25.9 Å². The number of allylic oxidation sites excluding steroid dienone is 1. The van der Waals surface area contributed by atoms with Crippen molar-refractivity contribution in [2.24, 2.45) is 0 Å². The zero-order valence-corrected chi connectivity index (χ0v) is 82.0. The maximum Gasteiger partial charge on any atom is 0.267 e. The van der Waals surface area contributed by atoms with E-state index in [1.807, 2.05) is 108 Å². The number of fused-ring (bicyclic) bond motifs is 12. The summed E-state index contributed by atoms with van der Waals surface area (Å²) in [6.45, 7) is 20.6. The summed E-state index contributed by atoms with van der Waals surface area (Å²) in [5.74, 6) is 0.471. The molecule has 25 rings (SSSR count). The van der Waals surface area contributed by atoms with E-state index in [2.05, 4.69) is 124 Å². The molecule has 9 aliphatic heterocycles. The number of furan rings is 1. The van der Waals surface area contributed by atoms with Gasteiger partial charge >= 0.3 is 0 Å². The molecule has 44 nitrogen and oxygen atoms in total. The number of ketones is 1. The molecule has 0 unspecified atom stereocenters. The van der Waals surface area contributed by atoms with E-state index >= 15 is 0 Å². The third-order valence-corrected chi connectivity index (χ3v) is 27.1. The van der Waals surface area contributed by atoms with Crippen LogP contribution in [0.2, 0.25) is 0 Å². The molecule has 0 bridgehead atoms. The highest BCUT2D eigenvalue weighted by molar-refractivity contribution is 7.16. The molecule has 1 saturated carbocycles. The third-order valence-electron chi connectivity index (χ3n) is 26.3. The first-order chi connectivity index (χ1) is 72.1. The summed E-state index contributed by atoms with van der Waals surface area (Å²) in [6.07, 6.45) is 20.3. The van der Waals surface area contributed by atoms with Gasteiger partial charge in [-0.05, 0) is 184 Å². The molecule has 45 heteroatoms. The summed E-state index contributed by atoms with van der Waals surface area (Å²) < 4.78 is 41.6. The molecule has 15 aromatic rings. The molecule has 12 N–H and O–H groups in total. The third kappa shape index (κ3) is 19.8. The average Bonchev–Trinajstić information content (AvgIpc) is 1.62. The second-order valence-electron chi connectivity index (χ2n) is 35.7. The lowest BCUT2D eigenvalue weighted by atomic mass is 9.98. The van der Waals surface area contributed by atoms with Gasteiger partial charge in [-0.3, -0.25) is 43.1 Å². The molecular formula is C103H104N30O14S. The molecule has 6 amide bonds. The van der Waals surface area contributed by atoms with Gasteiger partial charge in [0.25, 0.3) is 35.4 Å². The highest BCUT2D eigenvalue weighted by atomic mass is 32.1. The first-order valence-corrected chi connectivity index (χ1v) is 49.4. The Kier molecular flexibility index (Phi) is 28.0. The van der Waals surface area contributed by atoms with Crippen LogP contribution >= 0.6 is 11.3 Å². The molecule has 1 aliphatic carbocycles. The van der Waals surface area contributed by atoms with Gasteiger partial charge in [0.2, 0.25) is 41.1 Å². The Morgan fingerprint density at radius 1 is 0.378 bits per heavy atom. The topological polar surface area (TPSA) is 559 Å². The van der Waals surface area contributed by atoms with Crippen molar-refractivity contribution in [2.75, 3.05) is 179 Å². The Balaban J connectivity index is 0.000000108. The molecule has 18 heterocycles. The van der Waals surface area contributed by atoms with E-state index in [4.69, 9.17) is 67.2 Å². The lowest BCUT2D eigenvalue weighted by molar-refractivity contribution is 0.0982. The van der Waals surface area contributed by atoms with Crippen LogP contribution in [0.4, 0.5) is 80.4 Å². The summed E-state index contributed by atoms with van der Waals surface area (Å²) in [4.78, 5) is 159. The Hall–Kier alpha value is -17.9. The van der Waals surface area contributed by atoms with E-state index in [1.165, 1.54) is 95.8 Å². The minimum Gasteiger partial charge on any atom is -0.475 e. The normalized spacial score (nSPS) is 16.1. The summed E-state index contributed by atoms with van der Waals surface area (Å²) in [5.41, 5.74) is 52.6. The number of aromatic nitrogens is 15. The van der Waals surface area contributed by atoms with Crippen LogP contribution in [0.5, 0.6) is 35.3 Å². The summed E-state index contributed by atoms with van der Waals surface area (Å²) in [5, 5.41) is 6.44. The standard InChI is InChI=1S/C19H19N5O3.C19H21N5O2.C19H23N5O2.C17H18N6O2.C15H12N4O3.C14H11N5O2S/c1-3-6-23-11(2)16(25)13-9-12(4-5-14(13)23)24-7-8-27-18-15(19(24)26)17(20)21-10-22-18;20-17-16-18(22-11-21-17)26-9-8-24(19(16)25)14-5-6-15-12(10-14)2-1-7-23(15)13-3-4-13;1-2-6-23-7-5-13-10-15(4-3-14(13)11-23)24-8-9-26-18-16(19(24)25)17(20)21-12-22-18;1-2-5-22-9-11-8-12(3-4-13(11)21-22)23-6-7-25-16-14(17(23)24)15(18)19-10-20-16;16-13-12-14(18-8-17-13)22-6-4-19(15(12)20)10-1-2-11-9(7-10)3-5-21-11;15-12-11-13(17-6-16-12)21-4-3-19(14(11)20)8-1-2-9-10(5-8)22-7-18-9/h4-5,9-10H,2-3,6-8H2,1H3,(H2,20,21,22);5-6,10-11,13H,1-4,7-9H2,(H2,20,21,22);3-4,10,12H,2,5-9,11H2,1H3,(H2,20,21,22);3-4,8-10H,2,5-7H2,1H3,(H2,18,19,20);1-3,5,7-8H,4,6H2,(H2,16,17,18);1-2,5-7H,3-4H2,(H2,15,16,17). The zero-order chi connectivity index (χ0) is 102. The molecule has 756 valence electrons. The van der Waals surface area contributed by atoms with E-state index in [9.17, 15) is 33.6 Å². The average molecular weight is 2020 g/mol. The SMILES string of the molecule is C=C1C(=O)c2cc(N3CCOc4ncnc(N)c4C3=O)ccc2N1CCC.CCCN1CCc2cc(N3CCOc4ncnc(N)c4C3=O)ccc2C1.CCCn1cc2cc(N3CCOc4ncnc(N)c4C3=O)ccc2n1.Nc1ncnc2c1C(=O)N(c1ccc3c(c1)CCCN3C1CC1)CCO2.Nc1ncnc2c1C(=O)N(c1ccc3ncsc3c1)CCO2.Nc1ncnc2c1C(=O)N(c1ccc3occc3c1)CCO2. The van der Waals surface area contributed by atoms with Crippen molar-refractivity contribution in [2.45, 2.75) is 91.3 Å². The number of hydrogen-bond acceptors (Lipinski definition) is 38. The maximum atomic E-state index is 13.1. The molecule has 9 aromatic heterocycles. The minimum atomic E-state index is -0.352. The molecular weight excluding hydrogens is 1910 g/mol. The number of Topliss-reactive ketones (excluding diaryl/α,β-unsaturated/α-hetero) is 1. The molecule has 0 spiro atoms. The molecule has 148 heavy (non-hydrogen) atoms. The van der Waals surface area contributed by atoms with Crippen molar-refractivity contribution >= 4 is 165 Å². The summed E-state index contributed by atoms with van der Waals surface area (Å²) >= 11 is 1.53. The van der Waals surface area contributed by atoms with Crippen molar-refractivity contribution in [1.29, 1.82) is 0 Å². The predicted molar refractivity (Wildman–Crippen MR) is 556 cm³/mol. The Morgan fingerprint density at radius 3 is 1.23 bits per heavy atom. The van der Waals surface area contributed by atoms with Gasteiger partial charge in [0.1, 0.15) is 151 Å². The van der Waals surface area contributed by atoms with Crippen molar-refractivity contribution in [3.05, 3.63) is 239 Å². The van der Waals surface area contributed by atoms with Gasteiger partial charge in [-0.1, -0.05) is 33.4 Å². The Bertz CT molecular complexity index is 7550. The quantitative estimate of drug-likeness (QED) is 0.0584. The number of anilines is 14. The van der Waals surface area contributed by atoms with E-state index in [-0.39, 0.29) is 151 Å². The first kappa shape index (κ1) is 97.5. The van der Waals surface area contributed by atoms with E-state index in [0.717, 1.165) is 131 Å². The number of ether oxygens (including phenoxy) is 6. The number of nitrogens with two attached hydrogens (primary N) is 6. The summed E-state index contributed by atoms with van der Waals surface area (Å²) in [6, 6.07) is 37.6. The van der Waals surface area contributed by atoms with Crippen molar-refractivity contribution in [3.8, 4) is 35.3 Å². The number of carbonyl (C=O) groups is 7. The Morgan fingerprint density at radius 2 is 0.777 bits per heavy atom. The van der Waals surface area contributed by atoms with Gasteiger partial charge in [0, 0.05) is 101 Å². The molecule has 6 aromatic carbocycles. The van der Waals surface area contributed by atoms with Gasteiger partial charge in [-0.2, -0.15) is 5.10 Å². The lowest BCUT2D eigenvalue weighted by Crippen LogP contribution is -2.34. The fourth-order valence-electron chi connectivity index (χ4n) is 19.0. The fraction of sp³-hybridized carbons (Fsp3) is 0.291. The molecule has 10 aliphatic rings. The van der Waals surface area contributed by atoms with Crippen LogP contribution in [0, 0.1) is 0 Å². The lowest BCUT2D eigenvalue weighted by Gasteiger charge is -2.32. The second kappa shape index (κ2) is 42.6. The van der Waals surface area contributed by atoms with Crippen LogP contribution in [-0.4, -0.2) is 232 Å². The van der Waals surface area contributed by atoms with Crippen molar-refractivity contribution < 1.29 is 66.4 Å². The van der Waals surface area contributed by atoms with E-state index in [0.29, 0.717) is 102 Å². The van der Waals surface area contributed by atoms with Crippen molar-refractivity contribution in [3.63, 3.8) is 0 Å². The van der Waals surface area contributed by atoms with E-state index < -0.39 is 0 Å². The van der Waals surface area contributed by atoms with Crippen LogP contribution in [0.25, 0.3) is 32.1 Å². The monoisotopic (exact) mass is 2020 g/mol. The number of thiazole rings is 1. The smallest absolute Gasteiger partial charge is 0.267 e. The minimum absolute atomic E-state index is 0.0663. The number of amides is 6. The van der Waals surface area contributed by atoms with Gasteiger partial charge in [0.05, 0.1) is 78.2 Å². The number of rotatable bonds is 13. The predicted octanol–water partition coefficient (Wildman–Crippen LogP) is 11.3. The van der Waals surface area contributed by atoms with E-state index in [1.54, 1.807) is 42.3 Å². The van der Waals surface area contributed by atoms with Crippen LogP contribution in [0.15, 0.2) is 188 Å². The summed E-state index contributed by atoms with van der Waals surface area (Å²) in [7, 11) is 0. The highest BCUT2D eigenvalue weighted by Gasteiger charge is 2.40. The number of aryl methyl sites for hydroxylation is 2. The number of hydrogen-bond donors (Lipinski definition) is 6. The number of nitrogens with zero attached hydrogens (tertiary/aromatic N) is 24. The maximum absolute atomic E-state index is 13.1. The highest BCUT2D eigenvalue weighted by Crippen LogP contribution is 2.44. The largest absolute Gasteiger partial charge is 0.475 e. The fourth-order valence-corrected chi connectivity index (χ4v) is 19.7. The van der Waals surface area contributed by atoms with Crippen LogP contribution in [0.1, 0.15) is 148 Å². The van der Waals surface area contributed by atoms with Gasteiger partial charge in [-0.15, -0.1) is 11.3 Å². The zero-order valence-electron chi connectivity index (χ0n) is 81.2. The molecule has 1 fully saturated rings. The van der Waals surface area contributed by atoms with Gasteiger partial charge in [-0.25, -0.2) is 64.8 Å². The molecule has 0 atom stereocenters. The number of carbonyl (C=O) groups excluding carboxylic acids is 7. The first-order valence-electron chi connectivity index (χ1n) is 48.5. The number of nitrogen functional groups attached to an aromatic ring is 6.